The first-order valence-corrected chi connectivity index (χ1v) is 6.87. The molecule has 2 atom stereocenters. The zero-order valence-electron chi connectivity index (χ0n) is 11.3. The van der Waals surface area contributed by atoms with Crippen LogP contribution in [0.25, 0.3) is 0 Å². The molecule has 2 aliphatic rings. The smallest absolute Gasteiger partial charge is 0.237 e. The van der Waals surface area contributed by atoms with Gasteiger partial charge in [0, 0.05) is 25.2 Å². The summed E-state index contributed by atoms with van der Waals surface area (Å²) in [4.78, 5) is 13.8. The van der Waals surface area contributed by atoms with E-state index in [4.69, 9.17) is 0 Å². The van der Waals surface area contributed by atoms with Crippen LogP contribution in [0.15, 0.2) is 0 Å². The number of rotatable bonds is 4. The Bertz CT molecular complexity index is 268. The average molecular weight is 239 g/mol. The van der Waals surface area contributed by atoms with Gasteiger partial charge in [0.2, 0.25) is 5.91 Å². The maximum Gasteiger partial charge on any atom is 0.237 e. The average Bonchev–Trinajstić information content (AvgIpc) is 3.11. The van der Waals surface area contributed by atoms with Crippen molar-refractivity contribution >= 4 is 5.91 Å². The quantitative estimate of drug-likeness (QED) is 0.805. The zero-order chi connectivity index (χ0) is 12.4. The molecule has 1 saturated heterocycles. The molecule has 1 aliphatic carbocycles. The third kappa shape index (κ3) is 3.19. The standard InChI is InChI=1S/C13H25N3O/c1-10-5-4-6-11(2)16(10)14-9-13(17)15(3)12-7-8-12/h10-12,14H,4-9H2,1-3H3. The van der Waals surface area contributed by atoms with Crippen LogP contribution in [0.4, 0.5) is 0 Å². The molecule has 1 saturated carbocycles. The van der Waals surface area contributed by atoms with Crippen LogP contribution in [0.1, 0.15) is 46.0 Å². The number of hydrazine groups is 1. The van der Waals surface area contributed by atoms with Gasteiger partial charge in [0.25, 0.3) is 0 Å². The van der Waals surface area contributed by atoms with Crippen molar-refractivity contribution in [1.82, 2.24) is 15.3 Å². The predicted molar refractivity (Wildman–Crippen MR) is 68.4 cm³/mol. The van der Waals surface area contributed by atoms with E-state index in [2.05, 4.69) is 24.3 Å². The Morgan fingerprint density at radius 2 is 1.82 bits per heavy atom. The number of hydrogen-bond acceptors (Lipinski definition) is 3. The minimum atomic E-state index is 0.220. The molecule has 0 spiro atoms. The van der Waals surface area contributed by atoms with Crippen molar-refractivity contribution in [1.29, 1.82) is 0 Å². The van der Waals surface area contributed by atoms with Gasteiger partial charge in [-0.3, -0.25) is 4.79 Å². The van der Waals surface area contributed by atoms with Gasteiger partial charge in [0.1, 0.15) is 0 Å². The third-order valence-electron chi connectivity index (χ3n) is 4.09. The van der Waals surface area contributed by atoms with Gasteiger partial charge in [0.15, 0.2) is 0 Å². The molecule has 2 fully saturated rings. The highest BCUT2D eigenvalue weighted by atomic mass is 16.2. The molecule has 1 heterocycles. The highest BCUT2D eigenvalue weighted by Crippen LogP contribution is 2.25. The molecule has 4 nitrogen and oxygen atoms in total. The number of carbonyl (C=O) groups excluding carboxylic acids is 1. The summed E-state index contributed by atoms with van der Waals surface area (Å²) in [5.41, 5.74) is 3.33. The van der Waals surface area contributed by atoms with Crippen molar-refractivity contribution in [3.05, 3.63) is 0 Å². The van der Waals surface area contributed by atoms with Crippen LogP contribution in [-0.4, -0.2) is 47.5 Å². The number of nitrogens with zero attached hydrogens (tertiary/aromatic N) is 2. The Balaban J connectivity index is 1.77. The first-order chi connectivity index (χ1) is 8.09. The van der Waals surface area contributed by atoms with Gasteiger partial charge in [-0.25, -0.2) is 10.4 Å². The summed E-state index contributed by atoms with van der Waals surface area (Å²) >= 11 is 0. The second kappa shape index (κ2) is 5.36. The highest BCUT2D eigenvalue weighted by Gasteiger charge is 2.30. The maximum absolute atomic E-state index is 11.9. The van der Waals surface area contributed by atoms with E-state index in [0.717, 1.165) is 0 Å². The van der Waals surface area contributed by atoms with Gasteiger partial charge in [-0.1, -0.05) is 6.42 Å². The monoisotopic (exact) mass is 239 g/mol. The van der Waals surface area contributed by atoms with Gasteiger partial charge < -0.3 is 4.90 Å². The molecule has 1 aliphatic heterocycles. The molecule has 1 N–H and O–H groups in total. The van der Waals surface area contributed by atoms with Crippen LogP contribution in [-0.2, 0) is 4.79 Å². The number of hydrogen-bond donors (Lipinski definition) is 1. The number of nitrogens with one attached hydrogen (secondary N) is 1. The van der Waals surface area contributed by atoms with E-state index >= 15 is 0 Å². The lowest BCUT2D eigenvalue weighted by molar-refractivity contribution is -0.131. The van der Waals surface area contributed by atoms with Crippen molar-refractivity contribution in [3.8, 4) is 0 Å². The molecule has 0 bridgehead atoms. The molecular weight excluding hydrogens is 214 g/mol. The number of piperidine rings is 1. The van der Waals surface area contributed by atoms with Gasteiger partial charge in [-0.2, -0.15) is 0 Å². The van der Waals surface area contributed by atoms with Gasteiger partial charge >= 0.3 is 0 Å². The fourth-order valence-electron chi connectivity index (χ4n) is 2.68. The zero-order valence-corrected chi connectivity index (χ0v) is 11.3. The lowest BCUT2D eigenvalue weighted by Crippen LogP contribution is -2.54. The van der Waals surface area contributed by atoms with Crippen molar-refractivity contribution < 1.29 is 4.79 Å². The normalized spacial score (nSPS) is 30.3. The lowest BCUT2D eigenvalue weighted by atomic mass is 10.00. The maximum atomic E-state index is 11.9. The molecule has 1 amide bonds. The first-order valence-electron chi connectivity index (χ1n) is 6.87. The molecule has 0 aromatic rings. The largest absolute Gasteiger partial charge is 0.342 e. The van der Waals surface area contributed by atoms with Crippen LogP contribution >= 0.6 is 0 Å². The van der Waals surface area contributed by atoms with E-state index in [1.54, 1.807) is 0 Å². The summed E-state index contributed by atoms with van der Waals surface area (Å²) in [6.07, 6.45) is 6.11. The number of amides is 1. The summed E-state index contributed by atoms with van der Waals surface area (Å²) in [5.74, 6) is 0.220. The number of carbonyl (C=O) groups is 1. The predicted octanol–water partition coefficient (Wildman–Crippen LogP) is 1.37. The second-order valence-corrected chi connectivity index (χ2v) is 5.61. The van der Waals surface area contributed by atoms with Crippen LogP contribution in [0, 0.1) is 0 Å². The Hall–Kier alpha value is -0.610. The van der Waals surface area contributed by atoms with E-state index < -0.39 is 0 Å². The SMILES string of the molecule is CC1CCCC(C)N1NCC(=O)N(C)C1CC1. The van der Waals surface area contributed by atoms with Crippen molar-refractivity contribution in [2.45, 2.75) is 64.1 Å². The Morgan fingerprint density at radius 3 is 2.35 bits per heavy atom. The van der Waals surface area contributed by atoms with Crippen molar-refractivity contribution in [2.24, 2.45) is 0 Å². The first kappa shape index (κ1) is 12.8. The lowest BCUT2D eigenvalue weighted by Gasteiger charge is -2.39. The van der Waals surface area contributed by atoms with Crippen LogP contribution in [0.2, 0.25) is 0 Å². The molecule has 0 aromatic carbocycles. The van der Waals surface area contributed by atoms with Crippen molar-refractivity contribution in [2.75, 3.05) is 13.6 Å². The van der Waals surface area contributed by atoms with E-state index in [1.165, 1.54) is 32.1 Å². The van der Waals surface area contributed by atoms with E-state index in [9.17, 15) is 4.79 Å². The van der Waals surface area contributed by atoms with E-state index in [1.807, 2.05) is 11.9 Å². The van der Waals surface area contributed by atoms with Gasteiger partial charge in [-0.05, 0) is 39.5 Å². The van der Waals surface area contributed by atoms with Crippen molar-refractivity contribution in [3.63, 3.8) is 0 Å². The van der Waals surface area contributed by atoms with Crippen LogP contribution < -0.4 is 5.43 Å². The molecule has 98 valence electrons. The Kier molecular flexibility index (Phi) is 4.05. The minimum absolute atomic E-state index is 0.220. The second-order valence-electron chi connectivity index (χ2n) is 5.61. The fourth-order valence-corrected chi connectivity index (χ4v) is 2.68. The minimum Gasteiger partial charge on any atom is -0.342 e. The third-order valence-corrected chi connectivity index (χ3v) is 4.09. The van der Waals surface area contributed by atoms with Crippen LogP contribution in [0.3, 0.4) is 0 Å². The Labute approximate surface area is 104 Å². The molecule has 2 unspecified atom stereocenters. The molecular formula is C13H25N3O. The van der Waals surface area contributed by atoms with Gasteiger partial charge in [0.05, 0.1) is 6.54 Å². The van der Waals surface area contributed by atoms with Crippen LogP contribution in [0.5, 0.6) is 0 Å². The molecule has 0 aromatic heterocycles. The molecule has 2 rings (SSSR count). The summed E-state index contributed by atoms with van der Waals surface area (Å²) in [6.45, 7) is 4.91. The summed E-state index contributed by atoms with van der Waals surface area (Å²) in [7, 11) is 1.92. The van der Waals surface area contributed by atoms with Gasteiger partial charge in [-0.15, -0.1) is 0 Å². The molecule has 0 radical (unpaired) electrons. The summed E-state index contributed by atoms with van der Waals surface area (Å²) in [5, 5.41) is 2.27. The van der Waals surface area contributed by atoms with E-state index in [-0.39, 0.29) is 5.91 Å². The summed E-state index contributed by atoms with van der Waals surface area (Å²) in [6, 6.07) is 1.59. The Morgan fingerprint density at radius 1 is 1.24 bits per heavy atom. The van der Waals surface area contributed by atoms with E-state index in [0.29, 0.717) is 24.7 Å². The fraction of sp³-hybridized carbons (Fsp3) is 0.923. The molecule has 17 heavy (non-hydrogen) atoms. The number of likely N-dealkylation sites (N-methyl/N-ethyl adjacent to an activating group) is 1. The topological polar surface area (TPSA) is 35.6 Å². The molecule has 4 heteroatoms. The summed E-state index contributed by atoms with van der Waals surface area (Å²) < 4.78 is 0. The highest BCUT2D eigenvalue weighted by molar-refractivity contribution is 5.78.